The molecule has 0 saturated heterocycles. The Hall–Kier alpha value is -4.62. The van der Waals surface area contributed by atoms with Crippen molar-refractivity contribution >= 4 is 56.8 Å². The summed E-state index contributed by atoms with van der Waals surface area (Å²) in [5.41, 5.74) is 0.683. The van der Waals surface area contributed by atoms with E-state index >= 15 is 0 Å². The molecule has 6 rings (SSSR count). The molecule has 5 aromatic rings. The van der Waals surface area contributed by atoms with E-state index in [2.05, 4.69) is 35.3 Å². The molecule has 0 saturated carbocycles. The minimum atomic E-state index is -1.00. The summed E-state index contributed by atoms with van der Waals surface area (Å²) >= 11 is 7.56. The molecule has 0 fully saturated rings. The van der Waals surface area contributed by atoms with Gasteiger partial charge in [0.15, 0.2) is 5.82 Å². The monoisotopic (exact) mass is 564 g/mol. The summed E-state index contributed by atoms with van der Waals surface area (Å²) in [6, 6.07) is 10.0. The first-order valence-electron chi connectivity index (χ1n) is 11.7. The molecule has 3 aromatic heterocycles. The number of benzene rings is 2. The van der Waals surface area contributed by atoms with Crippen molar-refractivity contribution in [2.45, 2.75) is 19.1 Å². The Balaban J connectivity index is 1.43. The van der Waals surface area contributed by atoms with Gasteiger partial charge in [-0.25, -0.2) is 14.4 Å². The highest BCUT2D eigenvalue weighted by molar-refractivity contribution is 7.13. The summed E-state index contributed by atoms with van der Waals surface area (Å²) in [5, 5.41) is 9.06. The third kappa shape index (κ3) is 4.62. The number of anilines is 1. The van der Waals surface area contributed by atoms with Crippen LogP contribution in [0.5, 0.6) is 0 Å². The number of rotatable bonds is 6. The summed E-state index contributed by atoms with van der Waals surface area (Å²) in [5.74, 6) is -1.79. The van der Waals surface area contributed by atoms with Gasteiger partial charge < -0.3 is 25.5 Å². The van der Waals surface area contributed by atoms with E-state index in [1.54, 1.807) is 24.5 Å². The Labute approximate surface area is 228 Å². The lowest BCUT2D eigenvalue weighted by molar-refractivity contribution is -0.123. The molecule has 1 aliphatic heterocycles. The van der Waals surface area contributed by atoms with Gasteiger partial charge in [0.1, 0.15) is 23.9 Å². The fourth-order valence-corrected chi connectivity index (χ4v) is 5.42. The van der Waals surface area contributed by atoms with Gasteiger partial charge in [0, 0.05) is 28.4 Å². The number of H-pyrrole nitrogens is 1. The SMILES string of the molecule is O=C1Cn2c(C(=O)NCc3ncc[nH]3)nc(NC(=O)c3nsc4ccccc34)c2[C@H](c2cc(F)ccc2Cl)N1. The van der Waals surface area contributed by atoms with Crippen LogP contribution in [0.2, 0.25) is 5.02 Å². The number of aromatic amines is 1. The number of halogens is 2. The molecule has 0 aliphatic carbocycles. The van der Waals surface area contributed by atoms with E-state index in [4.69, 9.17) is 11.6 Å². The van der Waals surface area contributed by atoms with Gasteiger partial charge in [-0.3, -0.25) is 14.4 Å². The van der Waals surface area contributed by atoms with Crippen molar-refractivity contribution < 1.29 is 18.8 Å². The first-order valence-corrected chi connectivity index (χ1v) is 12.8. The van der Waals surface area contributed by atoms with Gasteiger partial charge in [0.2, 0.25) is 11.7 Å². The van der Waals surface area contributed by atoms with E-state index in [9.17, 15) is 18.8 Å². The highest BCUT2D eigenvalue weighted by atomic mass is 35.5. The molecule has 4 heterocycles. The van der Waals surface area contributed by atoms with Gasteiger partial charge in [0.25, 0.3) is 11.8 Å². The smallest absolute Gasteiger partial charge is 0.287 e. The van der Waals surface area contributed by atoms with E-state index in [1.807, 2.05) is 12.1 Å². The standard InChI is InChI=1S/C25H18ClFN8O3S/c26-15-6-5-12(27)9-14(15)19-21-22(33-24(37)20-13-3-1-2-4-16(13)39-34-20)32-23(35(21)11-18(36)31-19)25(38)30-10-17-28-7-8-29-17/h1-9,19H,10-11H2,(H,28,29)(H,30,38)(H,31,36)(H,33,37)/t19-/m0/s1. The first kappa shape index (κ1) is 24.7. The van der Waals surface area contributed by atoms with Gasteiger partial charge in [0.05, 0.1) is 23.0 Å². The molecule has 3 amide bonds. The van der Waals surface area contributed by atoms with E-state index < -0.39 is 29.6 Å². The van der Waals surface area contributed by atoms with Gasteiger partial charge >= 0.3 is 0 Å². The number of nitrogens with one attached hydrogen (secondary N) is 4. The Morgan fingerprint density at radius 1 is 1.21 bits per heavy atom. The van der Waals surface area contributed by atoms with Crippen LogP contribution in [0, 0.1) is 5.82 Å². The Morgan fingerprint density at radius 2 is 2.05 bits per heavy atom. The molecule has 0 spiro atoms. The van der Waals surface area contributed by atoms with Crippen LogP contribution in [0.1, 0.15) is 44.2 Å². The van der Waals surface area contributed by atoms with Crippen molar-refractivity contribution in [2.24, 2.45) is 0 Å². The number of aromatic nitrogens is 5. The number of nitrogens with zero attached hydrogens (tertiary/aromatic N) is 4. The van der Waals surface area contributed by atoms with Crippen LogP contribution < -0.4 is 16.0 Å². The third-order valence-electron chi connectivity index (χ3n) is 6.16. The van der Waals surface area contributed by atoms with Gasteiger partial charge in [-0.15, -0.1) is 0 Å². The van der Waals surface area contributed by atoms with Crippen LogP contribution in [0.15, 0.2) is 54.9 Å². The molecule has 196 valence electrons. The van der Waals surface area contributed by atoms with E-state index in [0.29, 0.717) is 11.2 Å². The number of hydrogen-bond donors (Lipinski definition) is 4. The quantitative estimate of drug-likeness (QED) is 0.248. The molecule has 1 atom stereocenters. The van der Waals surface area contributed by atoms with Crippen molar-refractivity contribution in [3.05, 3.63) is 94.3 Å². The predicted octanol–water partition coefficient (Wildman–Crippen LogP) is 3.41. The molecular formula is C25H18ClFN8O3S. The largest absolute Gasteiger partial charge is 0.347 e. The van der Waals surface area contributed by atoms with Crippen molar-refractivity contribution in [3.8, 4) is 0 Å². The summed E-state index contributed by atoms with van der Waals surface area (Å²) in [6.07, 6.45) is 3.17. The second kappa shape index (κ2) is 9.93. The summed E-state index contributed by atoms with van der Waals surface area (Å²) < 4.78 is 20.7. The van der Waals surface area contributed by atoms with Crippen molar-refractivity contribution in [1.82, 2.24) is 34.5 Å². The van der Waals surface area contributed by atoms with Crippen LogP contribution in [0.4, 0.5) is 10.2 Å². The lowest BCUT2D eigenvalue weighted by atomic mass is 10.0. The number of amides is 3. The van der Waals surface area contributed by atoms with Crippen LogP contribution in [-0.4, -0.2) is 41.6 Å². The minimum absolute atomic E-state index is 0.00515. The number of fused-ring (bicyclic) bond motifs is 2. The number of hydrogen-bond acceptors (Lipinski definition) is 7. The average molecular weight is 565 g/mol. The van der Waals surface area contributed by atoms with Crippen LogP contribution >= 0.6 is 23.1 Å². The van der Waals surface area contributed by atoms with Crippen LogP contribution in [0.25, 0.3) is 10.1 Å². The van der Waals surface area contributed by atoms with E-state index in [0.717, 1.165) is 4.70 Å². The Bertz CT molecular complexity index is 1750. The summed E-state index contributed by atoms with van der Waals surface area (Å²) in [7, 11) is 0. The molecule has 0 radical (unpaired) electrons. The maximum Gasteiger partial charge on any atom is 0.287 e. The molecule has 2 aromatic carbocycles. The molecule has 1 aliphatic rings. The van der Waals surface area contributed by atoms with Crippen molar-refractivity contribution in [3.63, 3.8) is 0 Å². The zero-order valence-electron chi connectivity index (χ0n) is 19.9. The molecule has 0 bridgehead atoms. The summed E-state index contributed by atoms with van der Waals surface area (Å²) in [6.45, 7) is -0.184. The van der Waals surface area contributed by atoms with E-state index in [1.165, 1.54) is 34.3 Å². The molecule has 11 nitrogen and oxygen atoms in total. The average Bonchev–Trinajstić information content (AvgIpc) is 3.67. The van der Waals surface area contributed by atoms with Crippen LogP contribution in [-0.2, 0) is 17.9 Å². The Morgan fingerprint density at radius 3 is 2.87 bits per heavy atom. The maximum atomic E-state index is 14.2. The maximum absolute atomic E-state index is 14.2. The summed E-state index contributed by atoms with van der Waals surface area (Å²) in [4.78, 5) is 50.7. The zero-order valence-corrected chi connectivity index (χ0v) is 21.4. The van der Waals surface area contributed by atoms with Crippen molar-refractivity contribution in [1.29, 1.82) is 0 Å². The highest BCUT2D eigenvalue weighted by Gasteiger charge is 2.36. The molecule has 14 heteroatoms. The molecule has 4 N–H and O–H groups in total. The van der Waals surface area contributed by atoms with Gasteiger partial charge in [-0.05, 0) is 35.8 Å². The highest BCUT2D eigenvalue weighted by Crippen LogP contribution is 2.36. The van der Waals surface area contributed by atoms with Gasteiger partial charge in [-0.2, -0.15) is 4.37 Å². The lowest BCUT2D eigenvalue weighted by Gasteiger charge is -2.28. The zero-order chi connectivity index (χ0) is 27.1. The lowest BCUT2D eigenvalue weighted by Crippen LogP contribution is -2.41. The predicted molar refractivity (Wildman–Crippen MR) is 141 cm³/mol. The normalized spacial score (nSPS) is 14.6. The number of carbonyl (C=O) groups is 3. The first-order chi connectivity index (χ1) is 18.9. The van der Waals surface area contributed by atoms with Gasteiger partial charge in [-0.1, -0.05) is 29.8 Å². The molecular weight excluding hydrogens is 547 g/mol. The van der Waals surface area contributed by atoms with Crippen LogP contribution in [0.3, 0.4) is 0 Å². The second-order valence-corrected chi connectivity index (χ2v) is 9.83. The number of imidazole rings is 2. The van der Waals surface area contributed by atoms with Crippen molar-refractivity contribution in [2.75, 3.05) is 5.32 Å². The fourth-order valence-electron chi connectivity index (χ4n) is 4.42. The molecule has 39 heavy (non-hydrogen) atoms. The molecule has 0 unspecified atom stereocenters. The topological polar surface area (TPSA) is 147 Å². The second-order valence-electron chi connectivity index (χ2n) is 8.62. The van der Waals surface area contributed by atoms with E-state index in [-0.39, 0.29) is 46.7 Å². The number of carbonyl (C=O) groups excluding carboxylic acids is 3. The Kier molecular flexibility index (Phi) is 6.29. The minimum Gasteiger partial charge on any atom is -0.347 e. The fraction of sp³-hybridized carbons (Fsp3) is 0.120. The third-order valence-corrected chi connectivity index (χ3v) is 7.33.